The molecule has 1 aliphatic heterocycles. The third-order valence-corrected chi connectivity index (χ3v) is 4.48. The van der Waals surface area contributed by atoms with E-state index < -0.39 is 11.5 Å². The molecular formula is C18H25NO3. The number of carbonyl (C=O) groups excluding carboxylic acids is 1. The minimum atomic E-state index is -0.580. The Morgan fingerprint density at radius 3 is 2.77 bits per heavy atom. The van der Waals surface area contributed by atoms with Gasteiger partial charge in [-0.05, 0) is 24.5 Å². The third kappa shape index (κ3) is 3.76. The van der Waals surface area contributed by atoms with Crippen LogP contribution in [0.3, 0.4) is 0 Å². The highest BCUT2D eigenvalue weighted by Crippen LogP contribution is 2.34. The number of hydrogen-bond donors (Lipinski definition) is 2. The first-order chi connectivity index (χ1) is 10.6. The Morgan fingerprint density at radius 2 is 2.14 bits per heavy atom. The quantitative estimate of drug-likeness (QED) is 0.819. The highest BCUT2D eigenvalue weighted by molar-refractivity contribution is 5.91. The smallest absolute Gasteiger partial charge is 0.246 e. The molecule has 1 aromatic carbocycles. The molecule has 4 nitrogen and oxygen atoms in total. The second-order valence-corrected chi connectivity index (χ2v) is 6.08. The van der Waals surface area contributed by atoms with E-state index in [1.54, 1.807) is 17.1 Å². The number of benzene rings is 1. The summed E-state index contributed by atoms with van der Waals surface area (Å²) in [7, 11) is 0. The first-order valence-electron chi connectivity index (χ1n) is 7.92. The Kier molecular flexibility index (Phi) is 5.75. The average Bonchev–Trinajstić information content (AvgIpc) is 2.56. The Hall–Kier alpha value is -1.65. The number of carbonyl (C=O) groups is 1. The summed E-state index contributed by atoms with van der Waals surface area (Å²) in [6.45, 7) is 2.88. The van der Waals surface area contributed by atoms with Gasteiger partial charge in [0.1, 0.15) is 0 Å². The van der Waals surface area contributed by atoms with Gasteiger partial charge in [0.05, 0.1) is 12.7 Å². The molecule has 1 aliphatic rings. The first kappa shape index (κ1) is 16.7. The lowest BCUT2D eigenvalue weighted by atomic mass is 9.74. The van der Waals surface area contributed by atoms with Gasteiger partial charge in [-0.25, -0.2) is 0 Å². The van der Waals surface area contributed by atoms with Gasteiger partial charge in [0.15, 0.2) is 0 Å². The fourth-order valence-electron chi connectivity index (χ4n) is 3.15. The van der Waals surface area contributed by atoms with Crippen molar-refractivity contribution in [3.63, 3.8) is 0 Å². The van der Waals surface area contributed by atoms with Crippen LogP contribution in [0.4, 0.5) is 0 Å². The molecule has 1 heterocycles. The van der Waals surface area contributed by atoms with E-state index in [-0.39, 0.29) is 12.5 Å². The van der Waals surface area contributed by atoms with Crippen LogP contribution in [0.15, 0.2) is 36.4 Å². The van der Waals surface area contributed by atoms with Crippen molar-refractivity contribution in [1.29, 1.82) is 0 Å². The first-order valence-corrected chi connectivity index (χ1v) is 7.92. The van der Waals surface area contributed by atoms with Gasteiger partial charge in [-0.2, -0.15) is 0 Å². The lowest BCUT2D eigenvalue weighted by Crippen LogP contribution is -2.55. The third-order valence-electron chi connectivity index (χ3n) is 4.48. The summed E-state index contributed by atoms with van der Waals surface area (Å²) in [4.78, 5) is 14.1. The van der Waals surface area contributed by atoms with E-state index in [4.69, 9.17) is 0 Å². The van der Waals surface area contributed by atoms with E-state index in [9.17, 15) is 15.0 Å². The number of aliphatic hydroxyl groups excluding tert-OH is 2. The summed E-state index contributed by atoms with van der Waals surface area (Å²) < 4.78 is 0. The van der Waals surface area contributed by atoms with Crippen molar-refractivity contribution in [1.82, 2.24) is 4.90 Å². The zero-order chi connectivity index (χ0) is 16.0. The molecule has 1 saturated heterocycles. The van der Waals surface area contributed by atoms with Crippen molar-refractivity contribution in [2.75, 3.05) is 19.7 Å². The Morgan fingerprint density at radius 1 is 1.41 bits per heavy atom. The topological polar surface area (TPSA) is 60.8 Å². The van der Waals surface area contributed by atoms with Gasteiger partial charge in [-0.3, -0.25) is 4.79 Å². The second kappa shape index (κ2) is 7.56. The summed E-state index contributed by atoms with van der Waals surface area (Å²) in [5, 5.41) is 20.0. The van der Waals surface area contributed by atoms with Crippen LogP contribution in [0.1, 0.15) is 31.7 Å². The molecule has 0 spiro atoms. The van der Waals surface area contributed by atoms with Gasteiger partial charge in [-0.15, -0.1) is 0 Å². The molecule has 0 bridgehead atoms. The minimum absolute atomic E-state index is 0.0651. The predicted molar refractivity (Wildman–Crippen MR) is 87.1 cm³/mol. The van der Waals surface area contributed by atoms with Crippen LogP contribution >= 0.6 is 0 Å². The number of piperidine rings is 1. The maximum absolute atomic E-state index is 12.4. The van der Waals surface area contributed by atoms with Crippen molar-refractivity contribution in [2.45, 2.75) is 32.3 Å². The van der Waals surface area contributed by atoms with Crippen molar-refractivity contribution >= 4 is 12.0 Å². The number of hydrogen-bond acceptors (Lipinski definition) is 3. The van der Waals surface area contributed by atoms with Gasteiger partial charge in [0, 0.05) is 24.6 Å². The van der Waals surface area contributed by atoms with Crippen LogP contribution in [0, 0.1) is 5.41 Å². The molecule has 0 aromatic heterocycles. The maximum atomic E-state index is 12.4. The fourth-order valence-corrected chi connectivity index (χ4v) is 3.15. The van der Waals surface area contributed by atoms with Gasteiger partial charge in [0.25, 0.3) is 0 Å². The van der Waals surface area contributed by atoms with Crippen LogP contribution in [-0.2, 0) is 4.79 Å². The van der Waals surface area contributed by atoms with E-state index in [2.05, 4.69) is 0 Å². The second-order valence-electron chi connectivity index (χ2n) is 6.08. The molecule has 2 atom stereocenters. The molecule has 1 amide bonds. The molecule has 0 unspecified atom stereocenters. The van der Waals surface area contributed by atoms with E-state index in [1.807, 2.05) is 37.3 Å². The van der Waals surface area contributed by atoms with Crippen LogP contribution < -0.4 is 0 Å². The van der Waals surface area contributed by atoms with Gasteiger partial charge in [-0.1, -0.05) is 43.7 Å². The fraction of sp³-hybridized carbons (Fsp3) is 0.500. The Balaban J connectivity index is 2.05. The van der Waals surface area contributed by atoms with E-state index >= 15 is 0 Å². The lowest BCUT2D eigenvalue weighted by molar-refractivity contribution is -0.137. The van der Waals surface area contributed by atoms with Gasteiger partial charge < -0.3 is 15.1 Å². The molecule has 0 aliphatic carbocycles. The number of nitrogens with zero attached hydrogens (tertiary/aromatic N) is 1. The van der Waals surface area contributed by atoms with Crippen LogP contribution in [0.2, 0.25) is 0 Å². The molecule has 2 rings (SSSR count). The van der Waals surface area contributed by atoms with Gasteiger partial charge in [0.2, 0.25) is 5.91 Å². The molecule has 120 valence electrons. The van der Waals surface area contributed by atoms with E-state index in [0.29, 0.717) is 19.5 Å². The number of likely N-dealkylation sites (tertiary alicyclic amines) is 1. The Bertz CT molecular complexity index is 514. The van der Waals surface area contributed by atoms with Crippen molar-refractivity contribution in [3.8, 4) is 0 Å². The average molecular weight is 303 g/mol. The lowest BCUT2D eigenvalue weighted by Gasteiger charge is -2.45. The van der Waals surface area contributed by atoms with Crippen LogP contribution in [-0.4, -0.2) is 46.8 Å². The van der Waals surface area contributed by atoms with E-state index in [0.717, 1.165) is 18.4 Å². The molecule has 4 heteroatoms. The zero-order valence-corrected chi connectivity index (χ0v) is 13.1. The van der Waals surface area contributed by atoms with Gasteiger partial charge >= 0.3 is 0 Å². The molecule has 0 saturated carbocycles. The summed E-state index contributed by atoms with van der Waals surface area (Å²) in [6, 6.07) is 9.68. The predicted octanol–water partition coefficient (Wildman–Crippen LogP) is 2.07. The maximum Gasteiger partial charge on any atom is 0.246 e. The highest BCUT2D eigenvalue weighted by atomic mass is 16.3. The summed E-state index contributed by atoms with van der Waals surface area (Å²) in [5.41, 5.74) is 0.401. The molecule has 1 aromatic rings. The summed E-state index contributed by atoms with van der Waals surface area (Å²) in [5.74, 6) is -0.0651. The summed E-state index contributed by atoms with van der Waals surface area (Å²) in [6.07, 6.45) is 4.94. The SMILES string of the molecule is CCC[C@]1(CO)CN(C(=O)/C=C/c2ccccc2)CC[C@@H]1O. The molecular weight excluding hydrogens is 278 g/mol. The highest BCUT2D eigenvalue weighted by Gasteiger charge is 2.42. The largest absolute Gasteiger partial charge is 0.396 e. The van der Waals surface area contributed by atoms with Crippen molar-refractivity contribution in [2.24, 2.45) is 5.41 Å². The standard InChI is InChI=1S/C18H25NO3/c1-2-11-18(14-20)13-19(12-10-16(18)21)17(22)9-8-15-6-4-3-5-7-15/h3-9,16,20-21H,2,10-14H2,1H3/b9-8+/t16-,18+/m0/s1. The molecule has 2 N–H and O–H groups in total. The van der Waals surface area contributed by atoms with Crippen LogP contribution in [0.25, 0.3) is 6.08 Å². The van der Waals surface area contributed by atoms with Crippen molar-refractivity contribution < 1.29 is 15.0 Å². The zero-order valence-electron chi connectivity index (χ0n) is 13.1. The van der Waals surface area contributed by atoms with Crippen molar-refractivity contribution in [3.05, 3.63) is 42.0 Å². The summed E-state index contributed by atoms with van der Waals surface area (Å²) >= 11 is 0. The number of amides is 1. The number of aliphatic hydroxyl groups is 2. The normalized spacial score (nSPS) is 25.6. The van der Waals surface area contributed by atoms with E-state index in [1.165, 1.54) is 0 Å². The molecule has 1 fully saturated rings. The monoisotopic (exact) mass is 303 g/mol. The number of rotatable bonds is 5. The molecule has 0 radical (unpaired) electrons. The minimum Gasteiger partial charge on any atom is -0.396 e. The van der Waals surface area contributed by atoms with Crippen LogP contribution in [0.5, 0.6) is 0 Å². The molecule has 22 heavy (non-hydrogen) atoms. The Labute approximate surface area is 132 Å².